The average molecular weight is 384 g/mol. The van der Waals surface area contributed by atoms with Crippen molar-refractivity contribution in [3.8, 4) is 16.3 Å². The second-order valence-corrected chi connectivity index (χ2v) is 6.50. The van der Waals surface area contributed by atoms with Crippen molar-refractivity contribution in [2.24, 2.45) is 5.73 Å². The number of nitrogens with two attached hydrogens (primary N) is 1. The Labute approximate surface area is 158 Å². The maximum Gasteiger partial charge on any atom is 0.342 e. The largest absolute Gasteiger partial charge is 0.449 e. The quantitative estimate of drug-likeness (QED) is 0.655. The fourth-order valence-electron chi connectivity index (χ4n) is 2.33. The van der Waals surface area contributed by atoms with Crippen LogP contribution in [-0.4, -0.2) is 33.8 Å². The third-order valence-electron chi connectivity index (χ3n) is 3.61. The van der Waals surface area contributed by atoms with Crippen LogP contribution in [0.15, 0.2) is 54.0 Å². The van der Waals surface area contributed by atoms with Crippen LogP contribution in [-0.2, 0) is 9.53 Å². The number of nitrogens with zero attached hydrogens (tertiary/aromatic N) is 2. The van der Waals surface area contributed by atoms with Crippen LogP contribution in [0.4, 0.5) is 4.79 Å². The van der Waals surface area contributed by atoms with Gasteiger partial charge < -0.3 is 10.5 Å². The number of esters is 1. The van der Waals surface area contributed by atoms with Crippen LogP contribution in [0, 0.1) is 0 Å². The Balaban J connectivity index is 1.91. The molecule has 0 fully saturated rings. The van der Waals surface area contributed by atoms with Crippen molar-refractivity contribution >= 4 is 29.2 Å². The molecular formula is C18H16N4O4S. The predicted octanol–water partition coefficient (Wildman–Crippen LogP) is 2.34. The minimum atomic E-state index is -1.19. The number of hydrogen-bond donors (Lipinski definition) is 2. The van der Waals surface area contributed by atoms with E-state index in [9.17, 15) is 14.4 Å². The van der Waals surface area contributed by atoms with Gasteiger partial charge in [0.15, 0.2) is 6.10 Å². The molecule has 9 heteroatoms. The lowest BCUT2D eigenvalue weighted by Crippen LogP contribution is -2.42. The van der Waals surface area contributed by atoms with Crippen molar-refractivity contribution in [3.63, 3.8) is 0 Å². The second kappa shape index (κ2) is 7.83. The minimum absolute atomic E-state index is 0.208. The van der Waals surface area contributed by atoms with Gasteiger partial charge in [0, 0.05) is 6.20 Å². The molecule has 3 amide bonds. The second-order valence-electron chi connectivity index (χ2n) is 5.55. The van der Waals surface area contributed by atoms with Gasteiger partial charge in [0.2, 0.25) is 0 Å². The number of carbonyl (C=O) groups is 3. The lowest BCUT2D eigenvalue weighted by molar-refractivity contribution is -0.127. The van der Waals surface area contributed by atoms with Crippen molar-refractivity contribution < 1.29 is 19.1 Å². The van der Waals surface area contributed by atoms with Crippen LogP contribution in [0.2, 0.25) is 0 Å². The number of rotatable bonds is 5. The topological polar surface area (TPSA) is 116 Å². The first-order valence-corrected chi connectivity index (χ1v) is 8.84. The third-order valence-corrected chi connectivity index (χ3v) is 4.49. The number of imide groups is 1. The van der Waals surface area contributed by atoms with Crippen molar-refractivity contribution in [1.82, 2.24) is 15.1 Å². The summed E-state index contributed by atoms with van der Waals surface area (Å²) in [5, 5.41) is 8.24. The lowest BCUT2D eigenvalue weighted by atomic mass is 10.2. The molecule has 138 valence electrons. The van der Waals surface area contributed by atoms with Gasteiger partial charge in [-0.3, -0.25) is 10.1 Å². The number of para-hydroxylation sites is 1. The van der Waals surface area contributed by atoms with E-state index in [1.807, 2.05) is 53.2 Å². The normalized spacial score (nSPS) is 11.6. The van der Waals surface area contributed by atoms with Crippen LogP contribution >= 0.6 is 11.3 Å². The zero-order chi connectivity index (χ0) is 19.4. The molecule has 1 aromatic carbocycles. The Bertz CT molecular complexity index is 967. The summed E-state index contributed by atoms with van der Waals surface area (Å²) in [6.07, 6.45) is 0.354. The molecule has 0 bridgehead atoms. The Morgan fingerprint density at radius 3 is 2.56 bits per heavy atom. The van der Waals surface area contributed by atoms with E-state index in [-0.39, 0.29) is 5.56 Å². The molecular weight excluding hydrogens is 368 g/mol. The Morgan fingerprint density at radius 2 is 1.93 bits per heavy atom. The fraction of sp³-hybridized carbons (Fsp3) is 0.111. The summed E-state index contributed by atoms with van der Waals surface area (Å²) in [4.78, 5) is 36.0. The molecule has 0 aliphatic rings. The molecule has 2 aromatic heterocycles. The molecule has 0 aliphatic heterocycles. The van der Waals surface area contributed by atoms with Crippen LogP contribution in [0.25, 0.3) is 16.3 Å². The number of ether oxygens (including phenoxy) is 1. The van der Waals surface area contributed by atoms with Gasteiger partial charge in [-0.1, -0.05) is 24.3 Å². The molecule has 8 nitrogen and oxygen atoms in total. The van der Waals surface area contributed by atoms with E-state index in [2.05, 4.69) is 5.10 Å². The lowest BCUT2D eigenvalue weighted by Gasteiger charge is -2.11. The van der Waals surface area contributed by atoms with Crippen LogP contribution < -0.4 is 11.1 Å². The number of carbonyl (C=O) groups excluding carboxylic acids is 3. The number of primary amides is 1. The monoisotopic (exact) mass is 384 g/mol. The Kier molecular flexibility index (Phi) is 5.32. The number of aromatic nitrogens is 2. The van der Waals surface area contributed by atoms with Gasteiger partial charge in [0.1, 0.15) is 11.3 Å². The molecule has 2 heterocycles. The molecule has 1 atom stereocenters. The first-order chi connectivity index (χ1) is 13.0. The van der Waals surface area contributed by atoms with Crippen LogP contribution in [0.1, 0.15) is 17.3 Å². The Hall–Kier alpha value is -3.46. The van der Waals surface area contributed by atoms with Gasteiger partial charge in [0.25, 0.3) is 5.91 Å². The molecule has 3 rings (SSSR count). The number of hydrogen-bond acceptors (Lipinski definition) is 6. The summed E-state index contributed by atoms with van der Waals surface area (Å²) in [5.41, 5.74) is 6.33. The van der Waals surface area contributed by atoms with Gasteiger partial charge in [-0.05, 0) is 30.5 Å². The van der Waals surface area contributed by atoms with Crippen molar-refractivity contribution in [2.45, 2.75) is 13.0 Å². The zero-order valence-electron chi connectivity index (χ0n) is 14.3. The number of nitrogens with one attached hydrogen (secondary N) is 1. The van der Waals surface area contributed by atoms with Crippen LogP contribution in [0.3, 0.4) is 0 Å². The summed E-state index contributed by atoms with van der Waals surface area (Å²) >= 11 is 1.43. The van der Waals surface area contributed by atoms with Crippen molar-refractivity contribution in [1.29, 1.82) is 0 Å². The Morgan fingerprint density at radius 1 is 1.19 bits per heavy atom. The smallest absolute Gasteiger partial charge is 0.342 e. The first kappa shape index (κ1) is 18.3. The minimum Gasteiger partial charge on any atom is -0.449 e. The predicted molar refractivity (Wildman–Crippen MR) is 99.5 cm³/mol. The summed E-state index contributed by atoms with van der Waals surface area (Å²) in [6.45, 7) is 1.35. The van der Waals surface area contributed by atoms with Gasteiger partial charge in [-0.25, -0.2) is 14.3 Å². The van der Waals surface area contributed by atoms with E-state index >= 15 is 0 Å². The number of thiophene rings is 1. The van der Waals surface area contributed by atoms with E-state index in [1.165, 1.54) is 18.3 Å². The van der Waals surface area contributed by atoms with E-state index < -0.39 is 24.0 Å². The standard InChI is InChI=1S/C18H16N4O4S/c1-11(16(23)20-18(19)25)26-17(24)13-10-22(12-6-3-2-4-7-12)21-15(13)14-8-5-9-27-14/h2-11H,1H3,(H3,19,20,23,25)/t11-/m1/s1. The average Bonchev–Trinajstić information content (AvgIpc) is 3.31. The van der Waals surface area contributed by atoms with Gasteiger partial charge in [0.05, 0.1) is 10.6 Å². The van der Waals surface area contributed by atoms with E-state index in [0.29, 0.717) is 5.69 Å². The van der Waals surface area contributed by atoms with Crippen molar-refractivity contribution in [2.75, 3.05) is 0 Å². The highest BCUT2D eigenvalue weighted by molar-refractivity contribution is 7.13. The summed E-state index contributed by atoms with van der Waals surface area (Å²) in [7, 11) is 0. The fourth-order valence-corrected chi connectivity index (χ4v) is 3.06. The zero-order valence-corrected chi connectivity index (χ0v) is 15.1. The van der Waals surface area contributed by atoms with Gasteiger partial charge in [-0.15, -0.1) is 11.3 Å². The maximum absolute atomic E-state index is 12.6. The summed E-state index contributed by atoms with van der Waals surface area (Å²) in [6, 6.07) is 12.0. The van der Waals surface area contributed by atoms with E-state index in [4.69, 9.17) is 10.5 Å². The van der Waals surface area contributed by atoms with Gasteiger partial charge >= 0.3 is 12.0 Å². The highest BCUT2D eigenvalue weighted by Gasteiger charge is 2.25. The molecule has 27 heavy (non-hydrogen) atoms. The molecule has 3 aromatic rings. The first-order valence-electron chi connectivity index (χ1n) is 7.96. The third kappa shape index (κ3) is 4.21. The number of urea groups is 1. The molecule has 3 N–H and O–H groups in total. The molecule has 0 spiro atoms. The molecule has 0 saturated heterocycles. The summed E-state index contributed by atoms with van der Waals surface area (Å²) in [5.74, 6) is -1.53. The van der Waals surface area contributed by atoms with Crippen molar-refractivity contribution in [3.05, 3.63) is 59.6 Å². The number of amides is 3. The molecule has 0 unspecified atom stereocenters. The van der Waals surface area contributed by atoms with Gasteiger partial charge in [-0.2, -0.15) is 5.10 Å². The highest BCUT2D eigenvalue weighted by Crippen LogP contribution is 2.28. The molecule has 0 radical (unpaired) electrons. The SMILES string of the molecule is C[C@@H](OC(=O)c1cn(-c2ccccc2)nc1-c1cccs1)C(=O)NC(N)=O. The maximum atomic E-state index is 12.6. The summed E-state index contributed by atoms with van der Waals surface area (Å²) < 4.78 is 6.75. The molecule has 0 aliphatic carbocycles. The van der Waals surface area contributed by atoms with E-state index in [0.717, 1.165) is 10.6 Å². The highest BCUT2D eigenvalue weighted by atomic mass is 32.1. The van der Waals surface area contributed by atoms with Crippen LogP contribution in [0.5, 0.6) is 0 Å². The number of benzene rings is 1. The molecule has 0 saturated carbocycles. The van der Waals surface area contributed by atoms with E-state index in [1.54, 1.807) is 10.9 Å².